The van der Waals surface area contributed by atoms with Crippen molar-refractivity contribution in [2.75, 3.05) is 7.05 Å². The zero-order valence-electron chi connectivity index (χ0n) is 13.6. The van der Waals surface area contributed by atoms with Gasteiger partial charge in [0.2, 0.25) is 0 Å². The molecular weight excluding hydrogens is 321 g/mol. The SMILES string of the molecule is CN(O)Cc1nnc2n1-c1ccccc1C(c1ccccc1F)=NC2. The summed E-state index contributed by atoms with van der Waals surface area (Å²) in [7, 11) is 1.55. The van der Waals surface area contributed by atoms with E-state index in [-0.39, 0.29) is 18.9 Å². The van der Waals surface area contributed by atoms with E-state index in [0.29, 0.717) is 22.9 Å². The highest BCUT2D eigenvalue weighted by Gasteiger charge is 2.24. The molecule has 0 atom stereocenters. The number of hydroxylamine groups is 2. The third-order valence-electron chi connectivity index (χ3n) is 4.07. The fraction of sp³-hybridized carbons (Fsp3) is 0.167. The summed E-state index contributed by atoms with van der Waals surface area (Å²) in [5, 5.41) is 19.0. The predicted octanol–water partition coefficient (Wildman–Crippen LogP) is 2.58. The van der Waals surface area contributed by atoms with Gasteiger partial charge in [0.05, 0.1) is 17.9 Å². The van der Waals surface area contributed by atoms with Crippen LogP contribution in [-0.2, 0) is 13.1 Å². The van der Waals surface area contributed by atoms with Gasteiger partial charge in [0.15, 0.2) is 11.6 Å². The van der Waals surface area contributed by atoms with Gasteiger partial charge in [0.1, 0.15) is 12.4 Å². The Kier molecular flexibility index (Phi) is 3.87. The lowest BCUT2D eigenvalue weighted by molar-refractivity contribution is -0.0754. The van der Waals surface area contributed by atoms with Crippen molar-refractivity contribution < 1.29 is 9.60 Å². The average molecular weight is 337 g/mol. The molecule has 2 aromatic carbocycles. The summed E-state index contributed by atoms with van der Waals surface area (Å²) in [5.41, 5.74) is 2.66. The van der Waals surface area contributed by atoms with Gasteiger partial charge in [-0.2, -0.15) is 5.06 Å². The topological polar surface area (TPSA) is 66.5 Å². The molecule has 1 N–H and O–H groups in total. The molecule has 0 saturated heterocycles. The highest BCUT2D eigenvalue weighted by atomic mass is 19.1. The van der Waals surface area contributed by atoms with Crippen molar-refractivity contribution in [3.63, 3.8) is 0 Å². The zero-order chi connectivity index (χ0) is 17.4. The summed E-state index contributed by atoms with van der Waals surface area (Å²) in [5.74, 6) is 0.928. The number of fused-ring (bicyclic) bond motifs is 3. The molecule has 0 saturated carbocycles. The number of rotatable bonds is 3. The van der Waals surface area contributed by atoms with E-state index in [2.05, 4.69) is 15.2 Å². The third kappa shape index (κ3) is 2.73. The lowest BCUT2D eigenvalue weighted by atomic mass is 10.00. The van der Waals surface area contributed by atoms with E-state index < -0.39 is 0 Å². The number of aliphatic imine (C=N–C) groups is 1. The van der Waals surface area contributed by atoms with E-state index >= 15 is 0 Å². The van der Waals surface area contributed by atoms with Crippen LogP contribution in [0.3, 0.4) is 0 Å². The second kappa shape index (κ2) is 6.19. The smallest absolute Gasteiger partial charge is 0.159 e. The first-order chi connectivity index (χ1) is 12.1. The maximum atomic E-state index is 14.4. The molecule has 6 nitrogen and oxygen atoms in total. The van der Waals surface area contributed by atoms with Gasteiger partial charge in [-0.25, -0.2) is 4.39 Å². The largest absolute Gasteiger partial charge is 0.314 e. The lowest BCUT2D eigenvalue weighted by Gasteiger charge is -2.14. The normalized spacial score (nSPS) is 13.2. The van der Waals surface area contributed by atoms with Crippen molar-refractivity contribution in [3.8, 4) is 5.69 Å². The average Bonchev–Trinajstić information content (AvgIpc) is 2.90. The van der Waals surface area contributed by atoms with Gasteiger partial charge in [-0.05, 0) is 18.2 Å². The second-order valence-electron chi connectivity index (χ2n) is 5.85. The molecule has 126 valence electrons. The maximum absolute atomic E-state index is 14.4. The van der Waals surface area contributed by atoms with Gasteiger partial charge < -0.3 is 5.21 Å². The van der Waals surface area contributed by atoms with Gasteiger partial charge in [0.25, 0.3) is 0 Å². The highest BCUT2D eigenvalue weighted by molar-refractivity contribution is 6.15. The Labute approximate surface area is 143 Å². The molecule has 7 heteroatoms. The number of hydrogen-bond donors (Lipinski definition) is 1. The number of aromatic nitrogens is 3. The van der Waals surface area contributed by atoms with Gasteiger partial charge >= 0.3 is 0 Å². The molecule has 3 aromatic rings. The quantitative estimate of drug-likeness (QED) is 0.746. The molecule has 25 heavy (non-hydrogen) atoms. The molecule has 0 radical (unpaired) electrons. The molecule has 0 fully saturated rings. The number of benzene rings is 2. The molecular formula is C18H16FN5O. The van der Waals surface area contributed by atoms with Crippen LogP contribution < -0.4 is 0 Å². The number of para-hydroxylation sites is 1. The van der Waals surface area contributed by atoms with Crippen molar-refractivity contribution in [1.82, 2.24) is 19.8 Å². The Balaban J connectivity index is 1.92. The van der Waals surface area contributed by atoms with Crippen LogP contribution in [0, 0.1) is 5.82 Å². The molecule has 1 aliphatic heterocycles. The predicted molar refractivity (Wildman–Crippen MR) is 90.4 cm³/mol. The van der Waals surface area contributed by atoms with Crippen LogP contribution in [0.15, 0.2) is 53.5 Å². The van der Waals surface area contributed by atoms with Crippen molar-refractivity contribution in [3.05, 3.63) is 77.1 Å². The Morgan fingerprint density at radius 3 is 2.56 bits per heavy atom. The first kappa shape index (κ1) is 15.6. The van der Waals surface area contributed by atoms with Crippen molar-refractivity contribution in [2.45, 2.75) is 13.1 Å². The zero-order valence-corrected chi connectivity index (χ0v) is 13.6. The van der Waals surface area contributed by atoms with Crippen LogP contribution in [0.5, 0.6) is 0 Å². The van der Waals surface area contributed by atoms with Crippen molar-refractivity contribution >= 4 is 5.71 Å². The number of halogens is 1. The van der Waals surface area contributed by atoms with Gasteiger partial charge in [0, 0.05) is 18.2 Å². The standard InChI is InChI=1S/C18H16FN5O/c1-23(25)11-17-22-21-16-10-20-18(12-6-2-4-8-14(12)19)13-7-3-5-9-15(13)24(16)17/h2-9,25H,10-11H2,1H3. The molecule has 0 bridgehead atoms. The molecule has 0 aliphatic carbocycles. The third-order valence-corrected chi connectivity index (χ3v) is 4.07. The highest BCUT2D eigenvalue weighted by Crippen LogP contribution is 2.26. The first-order valence-electron chi connectivity index (χ1n) is 7.87. The van der Waals surface area contributed by atoms with Crippen LogP contribution in [0.4, 0.5) is 4.39 Å². The van der Waals surface area contributed by atoms with E-state index in [1.54, 1.807) is 25.2 Å². The summed E-state index contributed by atoms with van der Waals surface area (Å²) in [6, 6.07) is 14.2. The van der Waals surface area contributed by atoms with Crippen molar-refractivity contribution in [1.29, 1.82) is 0 Å². The molecule has 2 heterocycles. The van der Waals surface area contributed by atoms with Gasteiger partial charge in [-0.15, -0.1) is 10.2 Å². The Morgan fingerprint density at radius 1 is 1.08 bits per heavy atom. The first-order valence-corrected chi connectivity index (χ1v) is 7.87. The molecule has 4 rings (SSSR count). The van der Waals surface area contributed by atoms with E-state index in [4.69, 9.17) is 0 Å². The summed E-state index contributed by atoms with van der Waals surface area (Å²) in [6.45, 7) is 0.497. The Hall–Kier alpha value is -2.90. The summed E-state index contributed by atoms with van der Waals surface area (Å²) < 4.78 is 16.2. The molecule has 0 unspecified atom stereocenters. The van der Waals surface area contributed by atoms with Crippen LogP contribution >= 0.6 is 0 Å². The van der Waals surface area contributed by atoms with Gasteiger partial charge in [-0.3, -0.25) is 9.56 Å². The summed E-state index contributed by atoms with van der Waals surface area (Å²) in [4.78, 5) is 4.61. The molecule has 0 spiro atoms. The second-order valence-corrected chi connectivity index (χ2v) is 5.85. The van der Waals surface area contributed by atoms with Crippen LogP contribution in [0.2, 0.25) is 0 Å². The van der Waals surface area contributed by atoms with Crippen LogP contribution in [-0.4, -0.2) is 37.8 Å². The number of nitrogens with zero attached hydrogens (tertiary/aromatic N) is 5. The molecule has 1 aliphatic rings. The molecule has 0 amide bonds. The fourth-order valence-electron chi connectivity index (χ4n) is 3.03. The monoisotopic (exact) mass is 337 g/mol. The minimum atomic E-state index is -0.316. The lowest BCUT2D eigenvalue weighted by Crippen LogP contribution is -2.17. The van der Waals surface area contributed by atoms with Crippen LogP contribution in [0.25, 0.3) is 5.69 Å². The Bertz CT molecular complexity index is 964. The van der Waals surface area contributed by atoms with E-state index in [1.165, 1.54) is 6.07 Å². The maximum Gasteiger partial charge on any atom is 0.159 e. The van der Waals surface area contributed by atoms with E-state index in [9.17, 15) is 9.60 Å². The Morgan fingerprint density at radius 2 is 1.80 bits per heavy atom. The number of hydrogen-bond acceptors (Lipinski definition) is 5. The molecule has 1 aromatic heterocycles. The van der Waals surface area contributed by atoms with Crippen LogP contribution in [0.1, 0.15) is 22.8 Å². The minimum absolute atomic E-state index is 0.219. The fourth-order valence-corrected chi connectivity index (χ4v) is 3.03. The van der Waals surface area contributed by atoms with E-state index in [0.717, 1.165) is 16.3 Å². The summed E-state index contributed by atoms with van der Waals surface area (Å²) >= 11 is 0. The van der Waals surface area contributed by atoms with Crippen molar-refractivity contribution in [2.24, 2.45) is 4.99 Å². The summed E-state index contributed by atoms with van der Waals surface area (Å²) in [6.07, 6.45) is 0. The van der Waals surface area contributed by atoms with E-state index in [1.807, 2.05) is 28.8 Å². The minimum Gasteiger partial charge on any atom is -0.314 e. The van der Waals surface area contributed by atoms with Gasteiger partial charge in [-0.1, -0.05) is 30.3 Å².